The number of carbonyl (C=O) groups is 2. The van der Waals surface area contributed by atoms with Crippen molar-refractivity contribution in [2.75, 3.05) is 0 Å². The molecule has 24 heavy (non-hydrogen) atoms. The molecule has 0 saturated carbocycles. The second-order valence-corrected chi connectivity index (χ2v) is 6.02. The van der Waals surface area contributed by atoms with Crippen LogP contribution in [0.4, 0.5) is 4.39 Å². The number of hydrogen-bond acceptors (Lipinski definition) is 2. The summed E-state index contributed by atoms with van der Waals surface area (Å²) in [5, 5.41) is 12.0. The number of hydrogen-bond donors (Lipinski definition) is 2. The summed E-state index contributed by atoms with van der Waals surface area (Å²) in [7, 11) is 0. The normalized spacial score (nSPS) is 11.8. The van der Waals surface area contributed by atoms with Crippen LogP contribution >= 0.6 is 11.6 Å². The third-order valence-corrected chi connectivity index (χ3v) is 4.02. The van der Waals surface area contributed by atoms with Gasteiger partial charge in [0.1, 0.15) is 5.82 Å². The molecule has 1 unspecified atom stereocenters. The van der Waals surface area contributed by atoms with Gasteiger partial charge in [-0.3, -0.25) is 9.59 Å². The Hall–Kier alpha value is -2.40. The maximum atomic E-state index is 14.2. The Morgan fingerprint density at radius 2 is 1.92 bits per heavy atom. The highest BCUT2D eigenvalue weighted by Gasteiger charge is 2.20. The lowest BCUT2D eigenvalue weighted by Crippen LogP contribution is -2.23. The highest BCUT2D eigenvalue weighted by molar-refractivity contribution is 6.30. The molecule has 2 N–H and O–H groups in total. The zero-order valence-corrected chi connectivity index (χ0v) is 14.0. The van der Waals surface area contributed by atoms with E-state index in [9.17, 15) is 14.0 Å². The fraction of sp³-hybridized carbons (Fsp3) is 0.222. The Kier molecular flexibility index (Phi) is 5.57. The molecule has 6 heteroatoms. The molecule has 0 fully saturated rings. The van der Waals surface area contributed by atoms with Crippen molar-refractivity contribution in [1.82, 2.24) is 5.32 Å². The minimum absolute atomic E-state index is 0.135. The van der Waals surface area contributed by atoms with Crippen LogP contribution in [-0.2, 0) is 9.59 Å². The number of carboxylic acids is 1. The van der Waals surface area contributed by atoms with Gasteiger partial charge in [-0.05, 0) is 60.4 Å². The van der Waals surface area contributed by atoms with Crippen LogP contribution in [-0.4, -0.2) is 17.5 Å². The number of benzene rings is 2. The third-order valence-electron chi connectivity index (χ3n) is 3.81. The van der Waals surface area contributed by atoms with E-state index in [0.29, 0.717) is 11.4 Å². The molecule has 126 valence electrons. The number of aliphatic carboxylic acids is 1. The molecule has 0 spiro atoms. The lowest BCUT2D eigenvalue weighted by molar-refractivity contribution is -0.137. The standard InChI is InChI=1S/C18H17ClFNO3/c1-10-5-13(19)6-11(2)18(10)12-3-4-15(20)14(7-12)16(21-9-22)8-17(23)24/h3-7,9,16H,8H2,1-2H3,(H,21,22)(H,23,24). The molecule has 0 aliphatic rings. The van der Waals surface area contributed by atoms with Gasteiger partial charge in [-0.15, -0.1) is 0 Å². The fourth-order valence-corrected chi connectivity index (χ4v) is 3.18. The van der Waals surface area contributed by atoms with Gasteiger partial charge in [0.15, 0.2) is 0 Å². The quantitative estimate of drug-likeness (QED) is 0.774. The van der Waals surface area contributed by atoms with Gasteiger partial charge >= 0.3 is 5.97 Å². The molecule has 2 rings (SSSR count). The molecule has 1 atom stereocenters. The lowest BCUT2D eigenvalue weighted by atomic mass is 9.92. The highest BCUT2D eigenvalue weighted by atomic mass is 35.5. The van der Waals surface area contributed by atoms with E-state index in [-0.39, 0.29) is 5.56 Å². The smallest absolute Gasteiger partial charge is 0.305 e. The largest absolute Gasteiger partial charge is 0.481 e. The van der Waals surface area contributed by atoms with Gasteiger partial charge in [0, 0.05) is 10.6 Å². The molecule has 0 aliphatic carbocycles. The van der Waals surface area contributed by atoms with Crippen molar-refractivity contribution in [2.24, 2.45) is 0 Å². The van der Waals surface area contributed by atoms with E-state index in [1.165, 1.54) is 6.07 Å². The van der Waals surface area contributed by atoms with Gasteiger partial charge in [0.25, 0.3) is 0 Å². The van der Waals surface area contributed by atoms with Crippen LogP contribution in [0.1, 0.15) is 29.2 Å². The number of nitrogens with one attached hydrogen (secondary N) is 1. The number of amides is 1. The summed E-state index contributed by atoms with van der Waals surface area (Å²) in [4.78, 5) is 21.7. The number of aryl methyl sites for hydroxylation is 2. The number of carbonyl (C=O) groups excluding carboxylic acids is 1. The molecule has 1 amide bonds. The Morgan fingerprint density at radius 3 is 2.46 bits per heavy atom. The zero-order valence-electron chi connectivity index (χ0n) is 13.3. The second kappa shape index (κ2) is 7.45. The van der Waals surface area contributed by atoms with Gasteiger partial charge < -0.3 is 10.4 Å². The third kappa shape index (κ3) is 3.92. The number of halogens is 2. The van der Waals surface area contributed by atoms with E-state index >= 15 is 0 Å². The Labute approximate surface area is 144 Å². The van der Waals surface area contributed by atoms with Crippen molar-refractivity contribution in [3.05, 3.63) is 57.9 Å². The van der Waals surface area contributed by atoms with Crippen molar-refractivity contribution < 1.29 is 19.1 Å². The molecule has 0 aromatic heterocycles. The average molecular weight is 350 g/mol. The van der Waals surface area contributed by atoms with Crippen molar-refractivity contribution in [3.8, 4) is 11.1 Å². The van der Waals surface area contributed by atoms with Crippen molar-refractivity contribution in [1.29, 1.82) is 0 Å². The number of rotatable bonds is 6. The van der Waals surface area contributed by atoms with E-state index in [2.05, 4.69) is 5.32 Å². The molecule has 0 saturated heterocycles. The summed E-state index contributed by atoms with van der Waals surface area (Å²) in [6.45, 7) is 3.80. The van der Waals surface area contributed by atoms with E-state index in [1.54, 1.807) is 12.1 Å². The first kappa shape index (κ1) is 17.9. The molecule has 2 aromatic rings. The summed E-state index contributed by atoms with van der Waals surface area (Å²) in [5.74, 6) is -1.69. The van der Waals surface area contributed by atoms with Gasteiger partial charge in [0.2, 0.25) is 6.41 Å². The summed E-state index contributed by atoms with van der Waals surface area (Å²) < 4.78 is 14.2. The SMILES string of the molecule is Cc1cc(Cl)cc(C)c1-c1ccc(F)c(C(CC(=O)O)NC=O)c1. The Morgan fingerprint density at radius 1 is 1.29 bits per heavy atom. The topological polar surface area (TPSA) is 66.4 Å². The van der Waals surface area contributed by atoms with Crippen LogP contribution in [0.15, 0.2) is 30.3 Å². The monoisotopic (exact) mass is 349 g/mol. The number of carboxylic acid groups (broad SMARTS) is 1. The summed E-state index contributed by atoms with van der Waals surface area (Å²) in [5.41, 5.74) is 3.63. The summed E-state index contributed by atoms with van der Waals surface area (Å²) in [6, 6.07) is 7.16. The van der Waals surface area contributed by atoms with Crippen molar-refractivity contribution in [3.63, 3.8) is 0 Å². The van der Waals surface area contributed by atoms with E-state index in [4.69, 9.17) is 16.7 Å². The Bertz CT molecular complexity index is 769. The molecule has 2 aromatic carbocycles. The van der Waals surface area contributed by atoms with Gasteiger partial charge in [-0.1, -0.05) is 17.7 Å². The van der Waals surface area contributed by atoms with Gasteiger partial charge in [-0.2, -0.15) is 0 Å². The zero-order chi connectivity index (χ0) is 17.9. The molecular weight excluding hydrogens is 333 g/mol. The highest BCUT2D eigenvalue weighted by Crippen LogP contribution is 2.33. The van der Waals surface area contributed by atoms with Gasteiger partial charge in [0.05, 0.1) is 12.5 Å². The van der Waals surface area contributed by atoms with Crippen molar-refractivity contribution in [2.45, 2.75) is 26.3 Å². The summed E-state index contributed by atoms with van der Waals surface area (Å²) in [6.07, 6.45) is -0.0315. The lowest BCUT2D eigenvalue weighted by Gasteiger charge is -2.18. The molecule has 0 radical (unpaired) electrons. The van der Waals surface area contributed by atoms with E-state index in [1.807, 2.05) is 26.0 Å². The Balaban J connectivity index is 2.56. The molecule has 0 bridgehead atoms. The van der Waals surface area contributed by atoms with Crippen molar-refractivity contribution >= 4 is 24.0 Å². The first-order chi connectivity index (χ1) is 11.3. The first-order valence-electron chi connectivity index (χ1n) is 7.31. The predicted octanol–water partition coefficient (Wildman–Crippen LogP) is 4.02. The molecule has 0 aliphatic heterocycles. The van der Waals surface area contributed by atoms with Crippen LogP contribution in [0.3, 0.4) is 0 Å². The van der Waals surface area contributed by atoms with Gasteiger partial charge in [-0.25, -0.2) is 4.39 Å². The fourth-order valence-electron chi connectivity index (χ4n) is 2.85. The predicted molar refractivity (Wildman–Crippen MR) is 90.5 cm³/mol. The minimum atomic E-state index is -1.13. The second-order valence-electron chi connectivity index (χ2n) is 5.59. The molecule has 4 nitrogen and oxygen atoms in total. The maximum absolute atomic E-state index is 14.2. The van der Waals surface area contributed by atoms with E-state index in [0.717, 1.165) is 22.3 Å². The summed E-state index contributed by atoms with van der Waals surface area (Å²) >= 11 is 6.04. The molecular formula is C18H17ClFNO3. The van der Waals surface area contributed by atoms with E-state index < -0.39 is 24.2 Å². The van der Waals surface area contributed by atoms with Crippen LogP contribution in [0.25, 0.3) is 11.1 Å². The van der Waals surface area contributed by atoms with Crippen LogP contribution in [0, 0.1) is 19.7 Å². The first-order valence-corrected chi connectivity index (χ1v) is 7.69. The molecule has 0 heterocycles. The average Bonchev–Trinajstić information content (AvgIpc) is 2.47. The minimum Gasteiger partial charge on any atom is -0.481 e. The van der Waals surface area contributed by atoms with Crippen LogP contribution < -0.4 is 5.32 Å². The van der Waals surface area contributed by atoms with Crippen LogP contribution in [0.2, 0.25) is 5.02 Å². The van der Waals surface area contributed by atoms with Crippen LogP contribution in [0.5, 0.6) is 0 Å². The maximum Gasteiger partial charge on any atom is 0.305 e.